The van der Waals surface area contributed by atoms with E-state index >= 15 is 0 Å². The smallest absolute Gasteiger partial charge is 0.402 e. The highest BCUT2D eigenvalue weighted by molar-refractivity contribution is 7.89. The highest BCUT2D eigenvalue weighted by atomic mass is 32.2. The van der Waals surface area contributed by atoms with Gasteiger partial charge < -0.3 is 9.47 Å². The third kappa shape index (κ3) is 5.54. The van der Waals surface area contributed by atoms with Gasteiger partial charge in [-0.05, 0) is 18.6 Å². The van der Waals surface area contributed by atoms with Crippen molar-refractivity contribution in [2.75, 3.05) is 26.4 Å². The molecular weight excluding hydrogens is 369 g/mol. The molecule has 1 aromatic carbocycles. The van der Waals surface area contributed by atoms with E-state index in [4.69, 9.17) is 9.47 Å². The average molecular weight is 384 g/mol. The van der Waals surface area contributed by atoms with E-state index in [1.807, 2.05) is 0 Å². The molecule has 1 N–H and O–H groups in total. The molecule has 0 aromatic heterocycles. The Bertz CT molecular complexity index is 732. The number of ether oxygens (including phenoxy) is 2. The van der Waals surface area contributed by atoms with Crippen molar-refractivity contribution in [3.8, 4) is 5.75 Å². The molecule has 0 bridgehead atoms. The van der Waals surface area contributed by atoms with Gasteiger partial charge in [-0.1, -0.05) is 0 Å². The van der Waals surface area contributed by atoms with Crippen LogP contribution in [0.4, 0.5) is 18.9 Å². The zero-order valence-corrected chi connectivity index (χ0v) is 13.6. The van der Waals surface area contributed by atoms with Crippen LogP contribution >= 0.6 is 0 Å². The second kappa shape index (κ2) is 7.54. The molecular formula is C13H15F3N2O6S. The molecule has 1 saturated heterocycles. The van der Waals surface area contributed by atoms with Gasteiger partial charge in [0.25, 0.3) is 0 Å². The number of alkyl halides is 3. The molecule has 8 nitrogen and oxygen atoms in total. The van der Waals surface area contributed by atoms with Gasteiger partial charge in [0.1, 0.15) is 6.54 Å². The molecule has 1 unspecified atom stereocenters. The largest absolute Gasteiger partial charge is 0.486 e. The van der Waals surface area contributed by atoms with Crippen molar-refractivity contribution in [3.63, 3.8) is 0 Å². The minimum absolute atomic E-state index is 0.0662. The van der Waals surface area contributed by atoms with Gasteiger partial charge in [0.15, 0.2) is 5.75 Å². The molecule has 0 amide bonds. The van der Waals surface area contributed by atoms with Crippen LogP contribution in [-0.2, 0) is 14.8 Å². The molecule has 1 aromatic rings. The topological polar surface area (TPSA) is 108 Å². The lowest BCUT2D eigenvalue weighted by Crippen LogP contribution is -2.33. The summed E-state index contributed by atoms with van der Waals surface area (Å²) in [5.41, 5.74) is -0.645. The average Bonchev–Trinajstić information content (AvgIpc) is 3.03. The van der Waals surface area contributed by atoms with E-state index in [2.05, 4.69) is 0 Å². The summed E-state index contributed by atoms with van der Waals surface area (Å²) in [6, 6.07) is 2.67. The first-order chi connectivity index (χ1) is 11.6. The van der Waals surface area contributed by atoms with Gasteiger partial charge in [-0.3, -0.25) is 10.1 Å². The molecule has 140 valence electrons. The van der Waals surface area contributed by atoms with E-state index < -0.39 is 38.3 Å². The van der Waals surface area contributed by atoms with Crippen LogP contribution in [0.2, 0.25) is 0 Å². The lowest BCUT2D eigenvalue weighted by Gasteiger charge is -2.12. The number of nitrogens with zero attached hydrogens (tertiary/aromatic N) is 1. The Morgan fingerprint density at radius 1 is 1.40 bits per heavy atom. The van der Waals surface area contributed by atoms with Crippen molar-refractivity contribution < 1.29 is 36.0 Å². The Labute approximate surface area is 141 Å². The Morgan fingerprint density at radius 3 is 2.68 bits per heavy atom. The summed E-state index contributed by atoms with van der Waals surface area (Å²) in [7, 11) is -4.55. The Hall–Kier alpha value is -1.92. The number of hydrogen-bond donors (Lipinski definition) is 1. The molecule has 1 aliphatic heterocycles. The molecule has 1 heterocycles. The number of nitro groups is 1. The van der Waals surface area contributed by atoms with Crippen LogP contribution in [0.25, 0.3) is 0 Å². The lowest BCUT2D eigenvalue weighted by molar-refractivity contribution is -0.386. The van der Waals surface area contributed by atoms with E-state index in [-0.39, 0.29) is 18.3 Å². The van der Waals surface area contributed by atoms with Crippen LogP contribution in [0.3, 0.4) is 0 Å². The first-order valence-electron chi connectivity index (χ1n) is 7.14. The summed E-state index contributed by atoms with van der Waals surface area (Å²) in [5, 5.41) is 11.1. The molecule has 0 spiro atoms. The van der Waals surface area contributed by atoms with Gasteiger partial charge in [0.2, 0.25) is 10.0 Å². The van der Waals surface area contributed by atoms with Crippen LogP contribution in [0.1, 0.15) is 6.42 Å². The van der Waals surface area contributed by atoms with Crippen molar-refractivity contribution >= 4 is 15.7 Å². The summed E-state index contributed by atoms with van der Waals surface area (Å²) in [6.07, 6.45) is -4.01. The standard InChI is InChI=1S/C13H15F3N2O6S/c14-13(15,16)8-17-25(21,22)10-1-2-12(11(5-10)18(19)20)24-7-9-3-4-23-6-9/h1-2,5,9,17H,3-4,6-8H2. The van der Waals surface area contributed by atoms with Gasteiger partial charge in [0, 0.05) is 18.6 Å². The number of halogens is 3. The fourth-order valence-electron chi connectivity index (χ4n) is 2.11. The van der Waals surface area contributed by atoms with Crippen LogP contribution in [0, 0.1) is 16.0 Å². The molecule has 12 heteroatoms. The summed E-state index contributed by atoms with van der Waals surface area (Å²) in [6.45, 7) is -0.595. The predicted octanol–water partition coefficient (Wildman–Crippen LogP) is 1.85. The minimum Gasteiger partial charge on any atom is -0.486 e. The van der Waals surface area contributed by atoms with Crippen molar-refractivity contribution in [2.45, 2.75) is 17.5 Å². The second-order valence-electron chi connectivity index (χ2n) is 5.37. The summed E-state index contributed by atoms with van der Waals surface area (Å²) >= 11 is 0. The quantitative estimate of drug-likeness (QED) is 0.568. The van der Waals surface area contributed by atoms with Crippen molar-refractivity contribution in [1.82, 2.24) is 4.72 Å². The Balaban J connectivity index is 2.18. The van der Waals surface area contributed by atoms with Crippen molar-refractivity contribution in [2.24, 2.45) is 5.92 Å². The third-order valence-corrected chi connectivity index (χ3v) is 4.80. The fraction of sp³-hybridized carbons (Fsp3) is 0.538. The number of rotatable bonds is 7. The van der Waals surface area contributed by atoms with Crippen molar-refractivity contribution in [1.29, 1.82) is 0 Å². The number of hydrogen-bond acceptors (Lipinski definition) is 6. The van der Waals surface area contributed by atoms with E-state index in [1.54, 1.807) is 0 Å². The first kappa shape index (κ1) is 19.4. The van der Waals surface area contributed by atoms with E-state index in [9.17, 15) is 31.7 Å². The van der Waals surface area contributed by atoms with Crippen LogP contribution in [-0.4, -0.2) is 45.9 Å². The Morgan fingerprint density at radius 2 is 2.12 bits per heavy atom. The minimum atomic E-state index is -4.74. The normalized spacial score (nSPS) is 18.3. The molecule has 1 atom stereocenters. The summed E-state index contributed by atoms with van der Waals surface area (Å²) in [5.74, 6) is -0.0943. The van der Waals surface area contributed by atoms with Crippen LogP contribution in [0.15, 0.2) is 23.1 Å². The van der Waals surface area contributed by atoms with Gasteiger partial charge in [0.05, 0.1) is 23.0 Å². The molecule has 2 rings (SSSR count). The molecule has 1 aliphatic rings. The van der Waals surface area contributed by atoms with Gasteiger partial charge in [-0.25, -0.2) is 13.1 Å². The molecule has 0 radical (unpaired) electrons. The van der Waals surface area contributed by atoms with Crippen LogP contribution < -0.4 is 9.46 Å². The zero-order valence-electron chi connectivity index (χ0n) is 12.8. The maximum Gasteiger partial charge on any atom is 0.402 e. The summed E-state index contributed by atoms with van der Waals surface area (Å²) in [4.78, 5) is 9.61. The maximum absolute atomic E-state index is 12.2. The van der Waals surface area contributed by atoms with E-state index in [0.717, 1.165) is 18.6 Å². The molecule has 0 aliphatic carbocycles. The third-order valence-electron chi connectivity index (χ3n) is 3.40. The maximum atomic E-state index is 12.2. The second-order valence-corrected chi connectivity index (χ2v) is 7.13. The highest BCUT2D eigenvalue weighted by Gasteiger charge is 2.31. The molecule has 1 fully saturated rings. The van der Waals surface area contributed by atoms with Crippen LogP contribution in [0.5, 0.6) is 5.75 Å². The van der Waals surface area contributed by atoms with E-state index in [1.165, 1.54) is 4.72 Å². The van der Waals surface area contributed by atoms with E-state index in [0.29, 0.717) is 19.3 Å². The predicted molar refractivity (Wildman–Crippen MR) is 78.8 cm³/mol. The van der Waals surface area contributed by atoms with Gasteiger partial charge in [-0.15, -0.1) is 0 Å². The monoisotopic (exact) mass is 384 g/mol. The number of sulfonamides is 1. The number of nitrogens with one attached hydrogen (secondary N) is 1. The lowest BCUT2D eigenvalue weighted by atomic mass is 10.1. The van der Waals surface area contributed by atoms with Gasteiger partial charge >= 0.3 is 11.9 Å². The fourth-order valence-corrected chi connectivity index (χ4v) is 3.15. The van der Waals surface area contributed by atoms with Gasteiger partial charge in [-0.2, -0.15) is 13.2 Å². The van der Waals surface area contributed by atoms with Crippen molar-refractivity contribution in [3.05, 3.63) is 28.3 Å². The highest BCUT2D eigenvalue weighted by Crippen LogP contribution is 2.30. The summed E-state index contributed by atoms with van der Waals surface area (Å²) < 4.78 is 72.0. The first-order valence-corrected chi connectivity index (χ1v) is 8.62. The molecule has 25 heavy (non-hydrogen) atoms. The zero-order chi connectivity index (χ0) is 18.7. The Kier molecular flexibility index (Phi) is 5.85. The molecule has 0 saturated carbocycles. The number of benzene rings is 1. The number of nitro benzene ring substituents is 1. The SMILES string of the molecule is O=[N+]([O-])c1cc(S(=O)(=O)NCC(F)(F)F)ccc1OCC1CCOC1.